The van der Waals surface area contributed by atoms with Gasteiger partial charge in [-0.15, -0.1) is 10.2 Å². The minimum absolute atomic E-state index is 0.00442. The first-order chi connectivity index (χ1) is 26.7. The summed E-state index contributed by atoms with van der Waals surface area (Å²) >= 11 is 0. The molecule has 310 valence electrons. The smallest absolute Gasteiger partial charge is 0.235 e. The van der Waals surface area contributed by atoms with E-state index in [4.69, 9.17) is 0 Å². The standard InChI is InChI=1S/C19H20F6N4.C19H14F6N4/c2*1-15(18(20,21)22,11-3-7-13(8-4-11)16(2)26-27-16)12-5-9-14(10-6-12)17(28-29-17)19(23,24)25/h3-7,9-10,13,26-29H,8H2,1-2H3;3-10H,1-2H3. The predicted octanol–water partition coefficient (Wildman–Crippen LogP) is 10.0. The second-order valence-corrected chi connectivity index (χ2v) is 15.4. The molecule has 1 aliphatic carbocycles. The Bertz CT molecular complexity index is 2170. The fourth-order valence-electron chi connectivity index (χ4n) is 7.05. The maximum absolute atomic E-state index is 14.1. The maximum Gasteiger partial charge on any atom is 0.442 e. The van der Waals surface area contributed by atoms with Gasteiger partial charge in [0.05, 0.1) is 5.66 Å². The van der Waals surface area contributed by atoms with Gasteiger partial charge in [-0.2, -0.15) is 62.9 Å². The highest BCUT2D eigenvalue weighted by atomic mass is 19.4. The normalized spacial score (nSPS) is 24.1. The molecule has 4 heterocycles. The third kappa shape index (κ3) is 6.70. The first-order valence-corrected chi connectivity index (χ1v) is 17.6. The van der Waals surface area contributed by atoms with Crippen LogP contribution in [0.5, 0.6) is 0 Å². The molecule has 3 aromatic rings. The van der Waals surface area contributed by atoms with Crippen molar-refractivity contribution < 1.29 is 52.7 Å². The molecule has 4 aliphatic heterocycles. The summed E-state index contributed by atoms with van der Waals surface area (Å²) < 4.78 is 164. The fourth-order valence-corrected chi connectivity index (χ4v) is 7.05. The van der Waals surface area contributed by atoms with Crippen molar-refractivity contribution in [3.8, 4) is 0 Å². The lowest BCUT2D eigenvalue weighted by molar-refractivity contribution is -0.174. The van der Waals surface area contributed by atoms with Gasteiger partial charge >= 0.3 is 30.4 Å². The summed E-state index contributed by atoms with van der Waals surface area (Å²) in [6.07, 6.45) is -13.5. The molecule has 3 atom stereocenters. The van der Waals surface area contributed by atoms with E-state index in [9.17, 15) is 52.7 Å². The molecule has 0 saturated carbocycles. The van der Waals surface area contributed by atoms with E-state index in [1.807, 2.05) is 17.8 Å². The van der Waals surface area contributed by atoms with Crippen LogP contribution in [0.2, 0.25) is 0 Å². The lowest BCUT2D eigenvalue weighted by Crippen LogP contribution is -2.42. The second-order valence-electron chi connectivity index (χ2n) is 15.4. The van der Waals surface area contributed by atoms with Crippen molar-refractivity contribution in [1.82, 2.24) is 21.7 Å². The van der Waals surface area contributed by atoms with Crippen LogP contribution in [0.1, 0.15) is 67.5 Å². The van der Waals surface area contributed by atoms with Crippen LogP contribution in [0.15, 0.2) is 117 Å². The fraction of sp³-hybridized carbons (Fsp3) is 0.421. The Morgan fingerprint density at radius 1 is 0.534 bits per heavy atom. The molecule has 2 fully saturated rings. The van der Waals surface area contributed by atoms with E-state index in [1.165, 1.54) is 30.3 Å². The van der Waals surface area contributed by atoms with Crippen molar-refractivity contribution in [2.75, 3.05) is 0 Å². The molecule has 2 saturated heterocycles. The number of rotatable bonds is 8. The molecule has 0 radical (unpaired) electrons. The zero-order valence-electron chi connectivity index (χ0n) is 30.8. The largest absolute Gasteiger partial charge is 0.442 e. The molecule has 0 amide bonds. The van der Waals surface area contributed by atoms with E-state index in [-0.39, 0.29) is 45.0 Å². The van der Waals surface area contributed by atoms with Crippen molar-refractivity contribution in [2.45, 2.75) is 92.3 Å². The van der Waals surface area contributed by atoms with Gasteiger partial charge < -0.3 is 0 Å². The van der Waals surface area contributed by atoms with Gasteiger partial charge in [-0.25, -0.2) is 21.7 Å². The number of hydrazine groups is 2. The summed E-state index contributed by atoms with van der Waals surface area (Å²) in [6, 6.07) is 14.2. The van der Waals surface area contributed by atoms with Crippen molar-refractivity contribution >= 4 is 0 Å². The number of nitrogens with one attached hydrogen (secondary N) is 4. The van der Waals surface area contributed by atoms with Crippen LogP contribution < -0.4 is 21.7 Å². The van der Waals surface area contributed by atoms with Crippen LogP contribution in [0.4, 0.5) is 52.7 Å². The average Bonchev–Trinajstić information content (AvgIpc) is 3.95. The number of allylic oxidation sites excluding steroid dienone is 3. The zero-order valence-corrected chi connectivity index (χ0v) is 30.8. The monoisotopic (exact) mass is 830 g/mol. The van der Waals surface area contributed by atoms with Crippen LogP contribution in [0.3, 0.4) is 0 Å². The Morgan fingerprint density at radius 2 is 0.966 bits per heavy atom. The highest BCUT2D eigenvalue weighted by Gasteiger charge is 2.66. The lowest BCUT2D eigenvalue weighted by atomic mass is 9.71. The van der Waals surface area contributed by atoms with Gasteiger partial charge in [-0.05, 0) is 61.9 Å². The molecule has 0 bridgehead atoms. The third-order valence-electron chi connectivity index (χ3n) is 11.7. The number of hydrogen-bond donors (Lipinski definition) is 4. The number of benzene rings is 3. The Morgan fingerprint density at radius 3 is 1.29 bits per heavy atom. The van der Waals surface area contributed by atoms with E-state index < -0.39 is 52.5 Å². The average molecular weight is 831 g/mol. The van der Waals surface area contributed by atoms with Crippen molar-refractivity contribution in [3.63, 3.8) is 0 Å². The Kier molecular flexibility index (Phi) is 9.24. The lowest BCUT2D eigenvalue weighted by Gasteiger charge is -2.36. The van der Waals surface area contributed by atoms with Crippen molar-refractivity contribution in [3.05, 3.63) is 130 Å². The van der Waals surface area contributed by atoms with Gasteiger partial charge in [0.2, 0.25) is 11.3 Å². The quantitative estimate of drug-likeness (QED) is 0.133. The van der Waals surface area contributed by atoms with E-state index >= 15 is 0 Å². The third-order valence-corrected chi connectivity index (χ3v) is 11.7. The molecule has 8 rings (SSSR count). The van der Waals surface area contributed by atoms with Crippen LogP contribution in [-0.4, -0.2) is 30.4 Å². The molecule has 0 spiro atoms. The van der Waals surface area contributed by atoms with Crippen LogP contribution in [0.25, 0.3) is 0 Å². The SMILES string of the molecule is CC1(C2C=CC(C(C)(c3ccc(C4(C(F)(F)F)NN4)cc3)C(F)(F)F)=CC2)NN1.CC1(c2ccc(C(C)(c3ccc(C4(C(F)(F)F)N=N4)cc3)C(F)(F)F)cc2)N=N1. The molecule has 8 nitrogen and oxygen atoms in total. The van der Waals surface area contributed by atoms with E-state index in [0.29, 0.717) is 12.0 Å². The van der Waals surface area contributed by atoms with Crippen LogP contribution in [-0.2, 0) is 27.8 Å². The number of alkyl halides is 12. The molecule has 4 N–H and O–H groups in total. The molecular formula is C38H34F12N8. The summed E-state index contributed by atoms with van der Waals surface area (Å²) in [7, 11) is 0. The number of halogens is 12. The minimum Gasteiger partial charge on any atom is -0.235 e. The Hall–Kier alpha value is -4.66. The highest BCUT2D eigenvalue weighted by molar-refractivity contribution is 5.48. The molecular weight excluding hydrogens is 796 g/mol. The maximum atomic E-state index is 14.1. The predicted molar refractivity (Wildman–Crippen MR) is 184 cm³/mol. The highest BCUT2D eigenvalue weighted by Crippen LogP contribution is 2.54. The Labute approximate surface area is 322 Å². The van der Waals surface area contributed by atoms with E-state index in [2.05, 4.69) is 31.3 Å². The number of nitrogens with zero attached hydrogens (tertiary/aromatic N) is 4. The van der Waals surface area contributed by atoms with Crippen molar-refractivity contribution in [1.29, 1.82) is 0 Å². The molecule has 0 aromatic heterocycles. The van der Waals surface area contributed by atoms with Crippen molar-refractivity contribution in [2.24, 2.45) is 26.4 Å². The van der Waals surface area contributed by atoms with Gasteiger partial charge in [0.25, 0.3) is 0 Å². The van der Waals surface area contributed by atoms with Gasteiger partial charge in [0.1, 0.15) is 10.8 Å². The molecule has 5 aliphatic rings. The first-order valence-electron chi connectivity index (χ1n) is 17.6. The van der Waals surface area contributed by atoms with Gasteiger partial charge in [0, 0.05) is 17.0 Å². The molecule has 58 heavy (non-hydrogen) atoms. The van der Waals surface area contributed by atoms with Gasteiger partial charge in [0.15, 0.2) is 0 Å². The second kappa shape index (κ2) is 12.9. The summed E-state index contributed by atoms with van der Waals surface area (Å²) in [4.78, 5) is 0. The summed E-state index contributed by atoms with van der Waals surface area (Å²) in [5, 5.41) is 13.9. The van der Waals surface area contributed by atoms with Crippen LogP contribution in [0, 0.1) is 5.92 Å². The molecule has 20 heteroatoms. The Balaban J connectivity index is 0.000000177. The first kappa shape index (κ1) is 41.5. The minimum atomic E-state index is -4.74. The number of hydrogen-bond acceptors (Lipinski definition) is 8. The van der Waals surface area contributed by atoms with Gasteiger partial charge in [-0.3, -0.25) is 0 Å². The topological polar surface area (TPSA) is 137 Å². The summed E-state index contributed by atoms with van der Waals surface area (Å²) in [6.45, 7) is 5.70. The summed E-state index contributed by atoms with van der Waals surface area (Å²) in [5.74, 6) is 0.00442. The summed E-state index contributed by atoms with van der Waals surface area (Å²) in [5.41, 5.74) is -0.966. The molecule has 3 unspecified atom stereocenters. The zero-order chi connectivity index (χ0) is 42.6. The van der Waals surface area contributed by atoms with Gasteiger partial charge in [-0.1, -0.05) is 91.0 Å². The van der Waals surface area contributed by atoms with E-state index in [0.717, 1.165) is 62.4 Å². The molecule has 3 aromatic carbocycles. The van der Waals surface area contributed by atoms with E-state index in [1.54, 1.807) is 19.1 Å². The van der Waals surface area contributed by atoms with Crippen LogP contribution >= 0.6 is 0 Å².